The Kier molecular flexibility index (Phi) is 37.2. The summed E-state index contributed by atoms with van der Waals surface area (Å²) < 4.78 is 133. The SMILES string of the molecule is CC1CC(N(C)C(=O)Nc2ccccn2)CCN1Cc1ccccc1.CN(C)c1ncncc1NC(=O)NC1CCC(Cc2ccc(F)cc2)CC1.Cc1ccccc1N1CCN(CC(=O)Nc2cccc(C(F)(F)F)c2)CC1.O=C(Cc1ccc(CN2CCOCC2)cc1)Nc1cccc(C(F)(F)F)c1.O=C(Nc1ccc(CN2CCCC2)cc1)Nc1cccc(C(F)(F)F)c1. The number of carbonyl (C=O) groups is 5. The normalized spacial score (nSPS) is 17.2. The summed E-state index contributed by atoms with van der Waals surface area (Å²) in [6.07, 6.45) is 0.953. The van der Waals surface area contributed by atoms with E-state index in [2.05, 4.69) is 122 Å². The number of benzene rings is 8. The Morgan fingerprint density at radius 1 is 0.477 bits per heavy atom. The van der Waals surface area contributed by atoms with E-state index >= 15 is 0 Å². The number of nitrogens with zero attached hydrogens (tertiary/aromatic N) is 10. The van der Waals surface area contributed by atoms with Crippen molar-refractivity contribution < 1.29 is 72.6 Å². The fourth-order valence-corrected chi connectivity index (χ4v) is 16.1. The lowest BCUT2D eigenvalue weighted by Gasteiger charge is -2.41. The highest BCUT2D eigenvalue weighted by molar-refractivity contribution is 6.00. The van der Waals surface area contributed by atoms with Crippen LogP contribution in [0.25, 0.3) is 0 Å². The van der Waals surface area contributed by atoms with Crippen LogP contribution in [0.1, 0.15) is 108 Å². The smallest absolute Gasteiger partial charge is 0.379 e. The van der Waals surface area contributed by atoms with E-state index in [9.17, 15) is 67.9 Å². The molecule has 5 aliphatic rings. The number of piperidine rings is 1. The number of aryl methyl sites for hydroxylation is 1. The van der Waals surface area contributed by atoms with Crippen LogP contribution in [-0.4, -0.2) is 187 Å². The monoisotopic (exact) mass is 1830 g/mol. The Labute approximate surface area is 764 Å². The number of urea groups is 3. The number of rotatable bonds is 22. The molecule has 5 fully saturated rings. The van der Waals surface area contributed by atoms with Crippen molar-refractivity contribution in [3.05, 3.63) is 293 Å². The molecule has 2 unspecified atom stereocenters. The summed E-state index contributed by atoms with van der Waals surface area (Å²) >= 11 is 0. The summed E-state index contributed by atoms with van der Waals surface area (Å²) in [5.41, 5.74) is 7.25. The lowest BCUT2D eigenvalue weighted by atomic mass is 9.82. The molecule has 2 atom stereocenters. The third-order valence-corrected chi connectivity index (χ3v) is 23.3. The van der Waals surface area contributed by atoms with E-state index in [1.54, 1.807) is 30.6 Å². The van der Waals surface area contributed by atoms with Gasteiger partial charge in [0.2, 0.25) is 11.8 Å². The molecule has 8 aromatic carbocycles. The molecular weight excluding hydrogens is 1710 g/mol. The highest BCUT2D eigenvalue weighted by Crippen LogP contribution is 2.35. The van der Waals surface area contributed by atoms with Crippen molar-refractivity contribution in [2.75, 3.05) is 142 Å². The lowest BCUT2D eigenvalue weighted by Crippen LogP contribution is -2.50. The van der Waals surface area contributed by atoms with E-state index < -0.39 is 41.3 Å². The van der Waals surface area contributed by atoms with Crippen molar-refractivity contribution >= 4 is 75.7 Å². The van der Waals surface area contributed by atoms with Crippen LogP contribution in [0.2, 0.25) is 0 Å². The number of halogens is 10. The number of amides is 8. The first kappa shape index (κ1) is 100. The predicted molar refractivity (Wildman–Crippen MR) is 496 cm³/mol. The number of hydrogen-bond acceptors (Lipinski definition) is 15. The van der Waals surface area contributed by atoms with Crippen LogP contribution in [0, 0.1) is 18.7 Å². The van der Waals surface area contributed by atoms with Crippen LogP contribution in [-0.2, 0) is 65.3 Å². The summed E-state index contributed by atoms with van der Waals surface area (Å²) in [5.74, 6) is 0.990. The van der Waals surface area contributed by atoms with Crippen LogP contribution < -0.4 is 47.0 Å². The molecule has 10 aromatic rings. The minimum atomic E-state index is -4.45. The van der Waals surface area contributed by atoms with Gasteiger partial charge in [-0.1, -0.05) is 121 Å². The number of alkyl halides is 9. The maximum Gasteiger partial charge on any atom is 0.416 e. The van der Waals surface area contributed by atoms with E-state index in [1.165, 1.54) is 90.1 Å². The van der Waals surface area contributed by atoms with Crippen molar-refractivity contribution in [1.29, 1.82) is 0 Å². The number of carbonyl (C=O) groups excluding carboxylic acids is 5. The average Bonchev–Trinajstić information content (AvgIpc) is 1.14. The van der Waals surface area contributed by atoms with Gasteiger partial charge < -0.3 is 51.3 Å². The van der Waals surface area contributed by atoms with Crippen molar-refractivity contribution in [1.82, 2.24) is 44.8 Å². The maximum atomic E-state index is 13.0. The summed E-state index contributed by atoms with van der Waals surface area (Å²) in [7, 11) is 5.62. The number of anilines is 8. The first-order valence-corrected chi connectivity index (χ1v) is 44.2. The number of hydrogen-bond donors (Lipinski definition) is 7. The first-order chi connectivity index (χ1) is 63.3. The molecule has 0 radical (unpaired) electrons. The summed E-state index contributed by atoms with van der Waals surface area (Å²) in [5, 5.41) is 18.9. The second-order valence-electron chi connectivity index (χ2n) is 33.6. The second-order valence-corrected chi connectivity index (χ2v) is 33.6. The Morgan fingerprint density at radius 2 is 1.01 bits per heavy atom. The predicted octanol–water partition coefficient (Wildman–Crippen LogP) is 19.6. The Hall–Kier alpha value is -12.6. The zero-order valence-electron chi connectivity index (χ0n) is 74.7. The van der Waals surface area contributed by atoms with Crippen molar-refractivity contribution in [2.24, 2.45) is 5.92 Å². The van der Waals surface area contributed by atoms with Crippen LogP contribution >= 0.6 is 0 Å². The molecule has 1 saturated carbocycles. The van der Waals surface area contributed by atoms with Gasteiger partial charge in [-0.2, -0.15) is 39.5 Å². The number of piperazine rings is 1. The number of para-hydroxylation sites is 1. The van der Waals surface area contributed by atoms with Gasteiger partial charge in [0.1, 0.15) is 23.6 Å². The number of nitrogens with one attached hydrogen (secondary N) is 7. The van der Waals surface area contributed by atoms with E-state index in [1.807, 2.05) is 115 Å². The Balaban J connectivity index is 0.000000159. The standard InChI is InChI=1S/C20H22F3N3O.C20H21F3N2O2.C20H26FN5O.C20H26N4O.C19H20F3N3O/c1-15-5-2-3-8-18(15)26-11-9-25(10-12-26)14-19(27)24-17-7-4-6-16(13-17)20(21,22)23;21-20(22,23)17-2-1-3-18(13-17)24-19(26)12-15-4-6-16(7-5-15)14-25-8-10-27-11-9-25;1-26(2)19-18(12-22-13-23-19)25-20(27)24-17-9-5-15(6-10-17)11-14-3-7-16(21)8-4-14;1-16-14-18(11-13-24(16)15-17-8-4-3-5-9-17)23(2)20(25)22-19-10-6-7-12-21-19;20-19(21,22)15-4-3-5-17(12-15)24-18(26)23-16-8-6-14(7-9-16)13-25-10-1-2-11-25/h2-8,13H,9-12,14H2,1H3,(H,24,27);1-7,13H,8-12,14H2,(H,24,26);3-4,7-8,12-13,15,17H,5-6,9-11H2,1-2H3,(H2,24,25,27);3-10,12,16,18H,11,13-15H2,1-2H3,(H,21,22,25);3-9,12H,1-2,10-11,13H2,(H2,23,24,26). The van der Waals surface area contributed by atoms with Gasteiger partial charge in [0.25, 0.3) is 0 Å². The van der Waals surface area contributed by atoms with E-state index in [-0.39, 0.29) is 71.8 Å². The number of ether oxygens (including phenoxy) is 1. The molecule has 0 bridgehead atoms. The quantitative estimate of drug-likeness (QED) is 0.0312. The van der Waals surface area contributed by atoms with Crippen LogP contribution in [0.3, 0.4) is 0 Å². The molecule has 23 nitrogen and oxygen atoms in total. The molecule has 1 aliphatic carbocycles. The minimum absolute atomic E-state index is 0.0861. The van der Waals surface area contributed by atoms with Gasteiger partial charge >= 0.3 is 36.6 Å². The van der Waals surface area contributed by atoms with Crippen molar-refractivity contribution in [3.63, 3.8) is 0 Å². The van der Waals surface area contributed by atoms with E-state index in [0.29, 0.717) is 35.0 Å². The maximum absolute atomic E-state index is 13.0. The molecule has 4 aliphatic heterocycles. The molecule has 0 spiro atoms. The summed E-state index contributed by atoms with van der Waals surface area (Å²) in [6, 6.07) is 60.0. The fourth-order valence-electron chi connectivity index (χ4n) is 16.1. The topological polar surface area (TPSA) is 240 Å². The third kappa shape index (κ3) is 33.1. The van der Waals surface area contributed by atoms with Gasteiger partial charge in [0, 0.05) is 139 Å². The molecule has 15 rings (SSSR count). The molecule has 2 aromatic heterocycles. The third-order valence-electron chi connectivity index (χ3n) is 23.3. The van der Waals surface area contributed by atoms with Gasteiger partial charge in [-0.25, -0.2) is 33.7 Å². The number of morpholine rings is 1. The molecule has 33 heteroatoms. The second kappa shape index (κ2) is 49.1. The van der Waals surface area contributed by atoms with E-state index in [0.717, 1.165) is 190 Å². The summed E-state index contributed by atoms with van der Waals surface area (Å²) in [4.78, 5) is 88.6. The van der Waals surface area contributed by atoms with Gasteiger partial charge in [-0.05, 0) is 221 Å². The van der Waals surface area contributed by atoms with Crippen LogP contribution in [0.15, 0.2) is 237 Å². The lowest BCUT2D eigenvalue weighted by molar-refractivity contribution is -0.138. The number of likely N-dealkylation sites (tertiary alicyclic amines) is 2. The van der Waals surface area contributed by atoms with Gasteiger partial charge in [-0.15, -0.1) is 0 Å². The molecule has 4 saturated heterocycles. The molecule has 702 valence electrons. The molecular formula is C99H115F10N17O6. The molecule has 8 amide bonds. The van der Waals surface area contributed by atoms with Gasteiger partial charge in [-0.3, -0.25) is 34.5 Å². The average molecular weight is 1830 g/mol. The Morgan fingerprint density at radius 3 is 1.58 bits per heavy atom. The molecule has 6 heterocycles. The number of aromatic nitrogens is 3. The highest BCUT2D eigenvalue weighted by Gasteiger charge is 2.35. The van der Waals surface area contributed by atoms with Crippen molar-refractivity contribution in [2.45, 2.75) is 134 Å². The zero-order chi connectivity index (χ0) is 94.2. The van der Waals surface area contributed by atoms with Gasteiger partial charge in [0.05, 0.1) is 49.1 Å². The molecule has 7 N–H and O–H groups in total. The van der Waals surface area contributed by atoms with Crippen LogP contribution in [0.5, 0.6) is 0 Å². The van der Waals surface area contributed by atoms with Crippen LogP contribution in [0.4, 0.5) is 104 Å². The minimum Gasteiger partial charge on any atom is -0.379 e. The zero-order valence-corrected chi connectivity index (χ0v) is 74.7. The largest absolute Gasteiger partial charge is 0.416 e. The Bertz CT molecular complexity index is 5270. The number of pyridine rings is 1. The summed E-state index contributed by atoms with van der Waals surface area (Å²) in [6.45, 7) is 16.8. The fraction of sp³-hybridized carbons (Fsp3) is 0.374. The molecule has 132 heavy (non-hydrogen) atoms. The first-order valence-electron chi connectivity index (χ1n) is 44.2. The van der Waals surface area contributed by atoms with Gasteiger partial charge in [0.15, 0.2) is 5.82 Å². The van der Waals surface area contributed by atoms with E-state index in [4.69, 9.17) is 4.74 Å². The highest BCUT2D eigenvalue weighted by atomic mass is 19.4. The van der Waals surface area contributed by atoms with Crippen molar-refractivity contribution in [3.8, 4) is 0 Å².